The molecule has 0 aliphatic heterocycles. The number of likely N-dealkylation sites (N-methyl/N-ethyl adjacent to an activating group) is 1. The van der Waals surface area contributed by atoms with Crippen LogP contribution in [-0.2, 0) is 4.74 Å². The van der Waals surface area contributed by atoms with Gasteiger partial charge in [-0.3, -0.25) is 4.79 Å². The number of nitrogens with zero attached hydrogens (tertiary/aromatic N) is 2. The van der Waals surface area contributed by atoms with Gasteiger partial charge < -0.3 is 14.7 Å². The Morgan fingerprint density at radius 2 is 2.18 bits per heavy atom. The molecule has 6 heteroatoms. The number of carbonyl (C=O) groups excluding carboxylic acids is 1. The van der Waals surface area contributed by atoms with Crippen molar-refractivity contribution in [1.29, 1.82) is 0 Å². The molecule has 0 saturated heterocycles. The molecule has 92 valence electrons. The van der Waals surface area contributed by atoms with Crippen LogP contribution in [0.25, 0.3) is 0 Å². The van der Waals surface area contributed by atoms with Crippen LogP contribution >= 0.6 is 0 Å². The number of amides is 1. The number of carboxylic acid groups (broad SMARTS) is 1. The molecule has 0 aliphatic rings. The molecule has 0 radical (unpaired) electrons. The van der Waals surface area contributed by atoms with Crippen LogP contribution in [0.1, 0.15) is 20.8 Å². The summed E-state index contributed by atoms with van der Waals surface area (Å²) in [5.41, 5.74) is 0.273. The first-order valence-electron chi connectivity index (χ1n) is 5.00. The molecule has 0 aliphatic carbocycles. The highest BCUT2D eigenvalue weighted by atomic mass is 16.5. The molecule has 0 spiro atoms. The first kappa shape index (κ1) is 13.1. The van der Waals surface area contributed by atoms with Gasteiger partial charge in [0.15, 0.2) is 0 Å². The van der Waals surface area contributed by atoms with Gasteiger partial charge in [0.05, 0.1) is 12.2 Å². The van der Waals surface area contributed by atoms with Crippen molar-refractivity contribution in [2.45, 2.75) is 0 Å². The van der Waals surface area contributed by atoms with Crippen LogP contribution in [0.3, 0.4) is 0 Å². The quantitative estimate of drug-likeness (QED) is 0.807. The Bertz CT molecular complexity index is 402. The summed E-state index contributed by atoms with van der Waals surface area (Å²) in [4.78, 5) is 27.6. The monoisotopic (exact) mass is 238 g/mol. The van der Waals surface area contributed by atoms with Crippen LogP contribution in [0, 0.1) is 0 Å². The summed E-state index contributed by atoms with van der Waals surface area (Å²) in [5.74, 6) is -1.33. The second kappa shape index (κ2) is 5.95. The molecule has 1 aromatic rings. The van der Waals surface area contributed by atoms with Crippen molar-refractivity contribution in [3.63, 3.8) is 0 Å². The van der Waals surface area contributed by atoms with Crippen molar-refractivity contribution in [2.24, 2.45) is 0 Å². The lowest BCUT2D eigenvalue weighted by atomic mass is 10.2. The number of hydrogen-bond donors (Lipinski definition) is 1. The van der Waals surface area contributed by atoms with E-state index in [1.807, 2.05) is 0 Å². The maximum atomic E-state index is 11.8. The van der Waals surface area contributed by atoms with E-state index in [0.29, 0.717) is 18.7 Å². The second-order valence-electron chi connectivity index (χ2n) is 3.46. The Kier molecular flexibility index (Phi) is 4.59. The van der Waals surface area contributed by atoms with Crippen molar-refractivity contribution in [3.8, 4) is 0 Å². The van der Waals surface area contributed by atoms with Crippen LogP contribution < -0.4 is 0 Å². The molecule has 0 fully saturated rings. The number of aromatic carboxylic acids is 1. The molecule has 0 unspecified atom stereocenters. The van der Waals surface area contributed by atoms with Crippen LogP contribution in [0.5, 0.6) is 0 Å². The topological polar surface area (TPSA) is 79.7 Å². The number of carboxylic acids is 1. The zero-order valence-electron chi connectivity index (χ0n) is 9.71. The molecular weight excluding hydrogens is 224 g/mol. The number of methoxy groups -OCH3 is 1. The lowest BCUT2D eigenvalue weighted by Crippen LogP contribution is -2.30. The Balaban J connectivity index is 2.72. The molecule has 0 aromatic carbocycles. The van der Waals surface area contributed by atoms with Crippen LogP contribution in [0.4, 0.5) is 0 Å². The lowest BCUT2D eigenvalue weighted by Gasteiger charge is -2.16. The molecule has 0 bridgehead atoms. The highest BCUT2D eigenvalue weighted by Crippen LogP contribution is 2.04. The first-order valence-corrected chi connectivity index (χ1v) is 5.00. The molecular formula is C11H14N2O4. The third-order valence-electron chi connectivity index (χ3n) is 2.21. The molecule has 1 aromatic heterocycles. The van der Waals surface area contributed by atoms with E-state index in [1.54, 1.807) is 14.2 Å². The summed E-state index contributed by atoms with van der Waals surface area (Å²) < 4.78 is 4.86. The van der Waals surface area contributed by atoms with E-state index in [9.17, 15) is 9.59 Å². The number of carbonyl (C=O) groups is 2. The van der Waals surface area contributed by atoms with Gasteiger partial charge in [-0.25, -0.2) is 9.78 Å². The number of ether oxygens (including phenoxy) is 1. The fourth-order valence-corrected chi connectivity index (χ4v) is 1.20. The third-order valence-corrected chi connectivity index (χ3v) is 2.21. The zero-order chi connectivity index (χ0) is 12.8. The van der Waals surface area contributed by atoms with E-state index in [2.05, 4.69) is 4.98 Å². The van der Waals surface area contributed by atoms with Gasteiger partial charge in [0.2, 0.25) is 0 Å². The number of hydrogen-bond acceptors (Lipinski definition) is 4. The lowest BCUT2D eigenvalue weighted by molar-refractivity contribution is 0.0687. The van der Waals surface area contributed by atoms with Crippen molar-refractivity contribution < 1.29 is 19.4 Å². The first-order chi connectivity index (χ1) is 8.06. The number of rotatable bonds is 5. The highest BCUT2D eigenvalue weighted by Gasteiger charge is 2.12. The predicted molar refractivity (Wildman–Crippen MR) is 60.0 cm³/mol. The van der Waals surface area contributed by atoms with Gasteiger partial charge in [0.1, 0.15) is 5.69 Å². The number of aromatic nitrogens is 1. The average molecular weight is 238 g/mol. The van der Waals surface area contributed by atoms with Crippen molar-refractivity contribution in [3.05, 3.63) is 29.6 Å². The van der Waals surface area contributed by atoms with Gasteiger partial charge in [0.25, 0.3) is 5.91 Å². The molecule has 0 atom stereocenters. The van der Waals surface area contributed by atoms with Gasteiger partial charge in [-0.2, -0.15) is 0 Å². The highest BCUT2D eigenvalue weighted by molar-refractivity contribution is 5.94. The van der Waals surface area contributed by atoms with Gasteiger partial charge in [-0.15, -0.1) is 0 Å². The minimum absolute atomic E-state index is 0.0823. The van der Waals surface area contributed by atoms with Gasteiger partial charge in [-0.1, -0.05) is 0 Å². The van der Waals surface area contributed by atoms with Gasteiger partial charge >= 0.3 is 5.97 Å². The van der Waals surface area contributed by atoms with Crippen molar-refractivity contribution in [2.75, 3.05) is 27.3 Å². The van der Waals surface area contributed by atoms with Crippen molar-refractivity contribution in [1.82, 2.24) is 9.88 Å². The van der Waals surface area contributed by atoms with E-state index in [4.69, 9.17) is 9.84 Å². The SMILES string of the molecule is COCCN(C)C(=O)c1ccc(C(=O)O)nc1. The molecule has 6 nitrogen and oxygen atoms in total. The molecule has 1 amide bonds. The summed E-state index contributed by atoms with van der Waals surface area (Å²) in [6.45, 7) is 0.916. The second-order valence-corrected chi connectivity index (χ2v) is 3.46. The Labute approximate surface area is 98.8 Å². The minimum atomic E-state index is -1.11. The summed E-state index contributed by atoms with van der Waals surface area (Å²) in [6, 6.07) is 2.75. The molecule has 17 heavy (non-hydrogen) atoms. The normalized spacial score (nSPS) is 10.0. The maximum Gasteiger partial charge on any atom is 0.354 e. The molecule has 1 rings (SSSR count). The summed E-state index contributed by atoms with van der Waals surface area (Å²) in [5, 5.41) is 8.67. The standard InChI is InChI=1S/C11H14N2O4/c1-13(5-6-17-2)10(14)8-3-4-9(11(15)16)12-7-8/h3-4,7H,5-6H2,1-2H3,(H,15,16). The van der Waals surface area contributed by atoms with Crippen LogP contribution in [0.15, 0.2) is 18.3 Å². The summed E-state index contributed by atoms with van der Waals surface area (Å²) in [6.07, 6.45) is 1.26. The molecule has 1 N–H and O–H groups in total. The Morgan fingerprint density at radius 3 is 2.65 bits per heavy atom. The molecule has 1 heterocycles. The largest absolute Gasteiger partial charge is 0.477 e. The fourth-order valence-electron chi connectivity index (χ4n) is 1.20. The Morgan fingerprint density at radius 1 is 1.47 bits per heavy atom. The van der Waals surface area contributed by atoms with Crippen LogP contribution in [-0.4, -0.2) is 54.2 Å². The van der Waals surface area contributed by atoms with Gasteiger partial charge in [0, 0.05) is 26.9 Å². The Hall–Kier alpha value is -1.95. The third kappa shape index (κ3) is 3.53. The van der Waals surface area contributed by atoms with E-state index in [-0.39, 0.29) is 11.6 Å². The van der Waals surface area contributed by atoms with Gasteiger partial charge in [-0.05, 0) is 12.1 Å². The smallest absolute Gasteiger partial charge is 0.354 e. The summed E-state index contributed by atoms with van der Waals surface area (Å²) in [7, 11) is 3.20. The minimum Gasteiger partial charge on any atom is -0.477 e. The average Bonchev–Trinajstić information content (AvgIpc) is 2.35. The maximum absolute atomic E-state index is 11.8. The van der Waals surface area contributed by atoms with Crippen molar-refractivity contribution >= 4 is 11.9 Å². The van der Waals surface area contributed by atoms with E-state index in [1.165, 1.54) is 23.2 Å². The fraction of sp³-hybridized carbons (Fsp3) is 0.364. The molecule has 0 saturated carbocycles. The van der Waals surface area contributed by atoms with E-state index >= 15 is 0 Å². The zero-order valence-corrected chi connectivity index (χ0v) is 9.71. The number of pyridine rings is 1. The summed E-state index contributed by atoms with van der Waals surface area (Å²) >= 11 is 0. The van der Waals surface area contributed by atoms with Crippen LogP contribution in [0.2, 0.25) is 0 Å². The van der Waals surface area contributed by atoms with E-state index < -0.39 is 5.97 Å². The predicted octanol–water partition coefficient (Wildman–Crippen LogP) is 0.498. The van der Waals surface area contributed by atoms with E-state index in [0.717, 1.165) is 0 Å².